The summed E-state index contributed by atoms with van der Waals surface area (Å²) in [6.07, 6.45) is 0.296. The predicted octanol–water partition coefficient (Wildman–Crippen LogP) is 2.90. The maximum atomic E-state index is 8.81. The number of aromatic nitrogens is 2. The number of nitriles is 1. The molecule has 86 valence electrons. The Morgan fingerprint density at radius 3 is 2.94 bits per heavy atom. The first-order chi connectivity index (χ1) is 8.26. The molecule has 2 rings (SSSR count). The van der Waals surface area contributed by atoms with Crippen LogP contribution in [0.1, 0.15) is 5.82 Å². The summed E-state index contributed by atoms with van der Waals surface area (Å²) in [6.45, 7) is 4.50. The molecule has 0 radical (unpaired) electrons. The molecule has 0 saturated heterocycles. The molecule has 0 amide bonds. The Hall–Kier alpha value is -1.79. The van der Waals surface area contributed by atoms with Crippen molar-refractivity contribution in [1.29, 1.82) is 5.26 Å². The largest absolute Gasteiger partial charge is 0.323 e. The average Bonchev–Trinajstić information content (AvgIpc) is 2.68. The number of alkyl halides is 1. The Labute approximate surface area is 105 Å². The third-order valence-corrected chi connectivity index (χ3v) is 2.92. The van der Waals surface area contributed by atoms with Gasteiger partial charge < -0.3 is 4.57 Å². The summed E-state index contributed by atoms with van der Waals surface area (Å²) < 4.78 is 2.00. The lowest BCUT2D eigenvalue weighted by Gasteiger charge is -2.07. The number of hydrogen-bond acceptors (Lipinski definition) is 2. The molecule has 0 saturated carbocycles. The van der Waals surface area contributed by atoms with Crippen LogP contribution in [0.3, 0.4) is 0 Å². The van der Waals surface area contributed by atoms with Crippen molar-refractivity contribution in [3.05, 3.63) is 42.2 Å². The van der Waals surface area contributed by atoms with E-state index >= 15 is 0 Å². The molecule has 1 heterocycles. The topological polar surface area (TPSA) is 41.6 Å². The minimum Gasteiger partial charge on any atom is -0.323 e. The number of allylic oxidation sites excluding steroid dienone is 1. The van der Waals surface area contributed by atoms with E-state index in [1.807, 2.05) is 28.8 Å². The molecule has 0 spiro atoms. The predicted molar refractivity (Wildman–Crippen MR) is 68.9 cm³/mol. The SMILES string of the molecule is C=C(CCl)Cn1c(CC#N)nc2ccccc21. The van der Waals surface area contributed by atoms with E-state index in [9.17, 15) is 0 Å². The molecule has 17 heavy (non-hydrogen) atoms. The van der Waals surface area contributed by atoms with Crippen molar-refractivity contribution in [1.82, 2.24) is 9.55 Å². The monoisotopic (exact) mass is 245 g/mol. The number of benzene rings is 1. The number of fused-ring (bicyclic) bond motifs is 1. The van der Waals surface area contributed by atoms with Crippen LogP contribution in [-0.4, -0.2) is 15.4 Å². The molecular formula is C13H12ClN3. The molecule has 0 N–H and O–H groups in total. The van der Waals surface area contributed by atoms with Crippen molar-refractivity contribution >= 4 is 22.6 Å². The van der Waals surface area contributed by atoms with E-state index in [1.165, 1.54) is 0 Å². The third-order valence-electron chi connectivity index (χ3n) is 2.54. The Bertz CT molecular complexity index is 592. The smallest absolute Gasteiger partial charge is 0.124 e. The van der Waals surface area contributed by atoms with E-state index in [0.29, 0.717) is 18.8 Å². The molecule has 0 bridgehead atoms. The summed E-state index contributed by atoms with van der Waals surface area (Å²) in [4.78, 5) is 4.45. The zero-order chi connectivity index (χ0) is 12.3. The van der Waals surface area contributed by atoms with E-state index in [4.69, 9.17) is 16.9 Å². The highest BCUT2D eigenvalue weighted by Gasteiger charge is 2.10. The lowest BCUT2D eigenvalue weighted by Crippen LogP contribution is -2.06. The molecule has 2 aromatic rings. The van der Waals surface area contributed by atoms with E-state index in [0.717, 1.165) is 22.4 Å². The van der Waals surface area contributed by atoms with Crippen LogP contribution in [0.5, 0.6) is 0 Å². The van der Waals surface area contributed by atoms with Gasteiger partial charge in [-0.15, -0.1) is 11.6 Å². The highest BCUT2D eigenvalue weighted by atomic mass is 35.5. The van der Waals surface area contributed by atoms with Crippen molar-refractivity contribution < 1.29 is 0 Å². The zero-order valence-corrected chi connectivity index (χ0v) is 10.1. The van der Waals surface area contributed by atoms with Gasteiger partial charge in [0.2, 0.25) is 0 Å². The highest BCUT2D eigenvalue weighted by Crippen LogP contribution is 2.17. The fourth-order valence-corrected chi connectivity index (χ4v) is 1.86. The highest BCUT2D eigenvalue weighted by molar-refractivity contribution is 6.19. The van der Waals surface area contributed by atoms with Crippen LogP contribution in [0.4, 0.5) is 0 Å². The number of imidazole rings is 1. The molecule has 0 unspecified atom stereocenters. The van der Waals surface area contributed by atoms with Gasteiger partial charge in [0.25, 0.3) is 0 Å². The second-order valence-corrected chi connectivity index (χ2v) is 4.09. The first kappa shape index (κ1) is 11.7. The summed E-state index contributed by atoms with van der Waals surface area (Å²) in [5.74, 6) is 1.18. The fraction of sp³-hybridized carbons (Fsp3) is 0.231. The van der Waals surface area contributed by atoms with Gasteiger partial charge in [-0.1, -0.05) is 18.7 Å². The van der Waals surface area contributed by atoms with Crippen molar-refractivity contribution in [3.8, 4) is 6.07 Å². The maximum Gasteiger partial charge on any atom is 0.124 e. The number of para-hydroxylation sites is 2. The van der Waals surface area contributed by atoms with Crippen LogP contribution in [0.15, 0.2) is 36.4 Å². The molecule has 0 fully saturated rings. The Morgan fingerprint density at radius 2 is 2.24 bits per heavy atom. The molecule has 3 nitrogen and oxygen atoms in total. The average molecular weight is 246 g/mol. The molecular weight excluding hydrogens is 234 g/mol. The third kappa shape index (κ3) is 2.32. The van der Waals surface area contributed by atoms with Crippen LogP contribution in [0, 0.1) is 11.3 Å². The van der Waals surface area contributed by atoms with Crippen molar-refractivity contribution in [2.24, 2.45) is 0 Å². The number of halogens is 1. The van der Waals surface area contributed by atoms with Gasteiger partial charge in [0, 0.05) is 12.4 Å². The summed E-state index contributed by atoms with van der Waals surface area (Å²) >= 11 is 5.75. The Morgan fingerprint density at radius 1 is 1.47 bits per heavy atom. The minimum absolute atomic E-state index is 0.296. The Kier molecular flexibility index (Phi) is 3.46. The van der Waals surface area contributed by atoms with Gasteiger partial charge in [0.15, 0.2) is 0 Å². The summed E-state index contributed by atoms with van der Waals surface area (Å²) in [5, 5.41) is 8.81. The molecule has 0 atom stereocenters. The first-order valence-electron chi connectivity index (χ1n) is 5.30. The molecule has 0 aliphatic carbocycles. The van der Waals surface area contributed by atoms with Gasteiger partial charge >= 0.3 is 0 Å². The molecule has 0 aliphatic rings. The molecule has 0 aliphatic heterocycles. The van der Waals surface area contributed by atoms with E-state index < -0.39 is 0 Å². The van der Waals surface area contributed by atoms with Crippen LogP contribution in [0.2, 0.25) is 0 Å². The van der Waals surface area contributed by atoms with Crippen LogP contribution < -0.4 is 0 Å². The molecule has 1 aromatic heterocycles. The normalized spacial score (nSPS) is 10.4. The standard InChI is InChI=1S/C13H12ClN3/c1-10(8-14)9-17-12-5-3-2-4-11(12)16-13(17)6-7-15/h2-5H,1,6,8-9H2. The first-order valence-corrected chi connectivity index (χ1v) is 5.83. The summed E-state index contributed by atoms with van der Waals surface area (Å²) in [7, 11) is 0. The van der Waals surface area contributed by atoms with Crippen LogP contribution in [0.25, 0.3) is 11.0 Å². The van der Waals surface area contributed by atoms with Crippen molar-refractivity contribution in [3.63, 3.8) is 0 Å². The van der Waals surface area contributed by atoms with Gasteiger partial charge in [-0.25, -0.2) is 4.98 Å². The summed E-state index contributed by atoms with van der Waals surface area (Å²) in [6, 6.07) is 9.96. The van der Waals surface area contributed by atoms with Crippen molar-refractivity contribution in [2.75, 3.05) is 5.88 Å². The van der Waals surface area contributed by atoms with Gasteiger partial charge in [-0.2, -0.15) is 5.26 Å². The van der Waals surface area contributed by atoms with Crippen LogP contribution in [-0.2, 0) is 13.0 Å². The second kappa shape index (κ2) is 5.03. The van der Waals surface area contributed by atoms with Gasteiger partial charge in [-0.05, 0) is 17.7 Å². The number of rotatable bonds is 4. The lowest BCUT2D eigenvalue weighted by atomic mass is 10.3. The summed E-state index contributed by atoms with van der Waals surface area (Å²) in [5.41, 5.74) is 2.83. The second-order valence-electron chi connectivity index (χ2n) is 3.82. The van der Waals surface area contributed by atoms with Crippen LogP contribution >= 0.6 is 11.6 Å². The number of nitrogens with zero attached hydrogens (tertiary/aromatic N) is 3. The Balaban J connectivity index is 2.52. The van der Waals surface area contributed by atoms with Crippen molar-refractivity contribution in [2.45, 2.75) is 13.0 Å². The molecule has 4 heteroatoms. The maximum absolute atomic E-state index is 8.81. The van der Waals surface area contributed by atoms with Gasteiger partial charge in [0.05, 0.1) is 23.5 Å². The van der Waals surface area contributed by atoms with E-state index in [1.54, 1.807) is 0 Å². The number of hydrogen-bond donors (Lipinski definition) is 0. The zero-order valence-electron chi connectivity index (χ0n) is 9.36. The minimum atomic E-state index is 0.296. The lowest BCUT2D eigenvalue weighted by molar-refractivity contribution is 0.761. The van der Waals surface area contributed by atoms with Gasteiger partial charge in [-0.3, -0.25) is 0 Å². The quantitative estimate of drug-likeness (QED) is 0.614. The van der Waals surface area contributed by atoms with Gasteiger partial charge in [0.1, 0.15) is 5.82 Å². The fourth-order valence-electron chi connectivity index (χ4n) is 1.77. The van der Waals surface area contributed by atoms with E-state index in [-0.39, 0.29) is 0 Å². The molecule has 1 aromatic carbocycles. The van der Waals surface area contributed by atoms with E-state index in [2.05, 4.69) is 17.6 Å².